The van der Waals surface area contributed by atoms with E-state index in [9.17, 15) is 9.59 Å². The number of hydrogen-bond donors (Lipinski definition) is 1. The van der Waals surface area contributed by atoms with Crippen molar-refractivity contribution in [2.24, 2.45) is 0 Å². The molecule has 2 rings (SSSR count). The number of thiocarbonyl (C=S) groups is 1. The van der Waals surface area contributed by atoms with Crippen LogP contribution < -0.4 is 0 Å². The molecule has 0 radical (unpaired) electrons. The smallest absolute Gasteiger partial charge is 0.323 e. The number of carboxylic acids is 1. The first-order valence-corrected chi connectivity index (χ1v) is 7.40. The summed E-state index contributed by atoms with van der Waals surface area (Å²) in [6.07, 6.45) is 3.68. The van der Waals surface area contributed by atoms with Crippen molar-refractivity contribution < 1.29 is 14.7 Å². The van der Waals surface area contributed by atoms with Crippen LogP contribution in [0.15, 0.2) is 46.9 Å². The summed E-state index contributed by atoms with van der Waals surface area (Å²) in [6.45, 7) is 1.49. The maximum absolute atomic E-state index is 12.1. The van der Waals surface area contributed by atoms with E-state index in [0.717, 1.165) is 27.8 Å². The molecule has 0 saturated carbocycles. The molecule has 116 valence electrons. The molecule has 1 N–H and O–H groups in total. The van der Waals surface area contributed by atoms with Crippen molar-refractivity contribution in [3.63, 3.8) is 0 Å². The Kier molecular flexibility index (Phi) is 6.80. The van der Waals surface area contributed by atoms with E-state index in [1.54, 1.807) is 6.08 Å². The molecule has 1 fully saturated rings. The van der Waals surface area contributed by atoms with Crippen molar-refractivity contribution in [1.29, 1.82) is 0 Å². The zero-order valence-corrected chi connectivity index (χ0v) is 14.1. The maximum atomic E-state index is 12.1. The molecule has 1 aliphatic rings. The van der Waals surface area contributed by atoms with Crippen molar-refractivity contribution in [3.8, 4) is 0 Å². The lowest BCUT2D eigenvalue weighted by Gasteiger charge is -2.10. The van der Waals surface area contributed by atoms with Crippen molar-refractivity contribution >= 4 is 58.7 Å². The predicted octanol–water partition coefficient (Wildman–Crippen LogP) is 3.34. The number of allylic oxidation sites excluding steroid dienone is 2. The molecule has 0 unspecified atom stereocenters. The number of carbonyl (C=O) groups excluding carboxylic acids is 1. The van der Waals surface area contributed by atoms with Gasteiger partial charge in [0.15, 0.2) is 0 Å². The minimum absolute atomic E-state index is 0. The molecule has 1 heterocycles. The summed E-state index contributed by atoms with van der Waals surface area (Å²) < 4.78 is 0.279. The van der Waals surface area contributed by atoms with Gasteiger partial charge < -0.3 is 5.11 Å². The fourth-order valence-electron chi connectivity index (χ4n) is 1.83. The second-order valence-corrected chi connectivity index (χ2v) is 6.14. The molecule has 1 aromatic carbocycles. The van der Waals surface area contributed by atoms with Crippen LogP contribution in [-0.2, 0) is 9.59 Å². The Labute approximate surface area is 144 Å². The number of carbonyl (C=O) groups is 2. The van der Waals surface area contributed by atoms with E-state index in [1.807, 2.05) is 43.3 Å². The van der Waals surface area contributed by atoms with Crippen molar-refractivity contribution in [2.75, 3.05) is 6.54 Å². The predicted molar refractivity (Wildman–Crippen MR) is 95.0 cm³/mol. The number of nitrogens with zero attached hydrogens (tertiary/aromatic N) is 1. The van der Waals surface area contributed by atoms with Crippen LogP contribution in [0.25, 0.3) is 6.08 Å². The van der Waals surface area contributed by atoms with Gasteiger partial charge in [0, 0.05) is 0 Å². The molecule has 0 aliphatic carbocycles. The van der Waals surface area contributed by atoms with E-state index >= 15 is 0 Å². The monoisotopic (exact) mass is 355 g/mol. The number of thioether (sulfide) groups is 1. The number of carboxylic acid groups (broad SMARTS) is 1. The number of rotatable bonds is 4. The van der Waals surface area contributed by atoms with Crippen molar-refractivity contribution in [2.45, 2.75) is 6.92 Å². The number of halogens is 1. The molecule has 1 aliphatic heterocycles. The van der Waals surface area contributed by atoms with Gasteiger partial charge in [-0.2, -0.15) is 0 Å². The Hall–Kier alpha value is -1.63. The molecule has 22 heavy (non-hydrogen) atoms. The fourth-order valence-corrected chi connectivity index (χ4v) is 3.14. The third-order valence-corrected chi connectivity index (χ3v) is 4.10. The van der Waals surface area contributed by atoms with Gasteiger partial charge in [-0.25, -0.2) is 0 Å². The maximum Gasteiger partial charge on any atom is 0.323 e. The number of aliphatic carboxylic acids is 1. The standard InChI is InChI=1S/C15H13NO3S2.ClH/c1-10(7-11-5-3-2-4-6-11)8-12-14(19)16(9-13(17)18)15(20)21-12;/h2-8H,9H2,1H3,(H,17,18);1H/b10-7+,12-8-;. The lowest BCUT2D eigenvalue weighted by Crippen LogP contribution is -2.33. The highest BCUT2D eigenvalue weighted by Crippen LogP contribution is 2.31. The first-order valence-electron chi connectivity index (χ1n) is 6.18. The first-order chi connectivity index (χ1) is 9.97. The highest BCUT2D eigenvalue weighted by molar-refractivity contribution is 8.26. The second kappa shape index (κ2) is 8.12. The Balaban J connectivity index is 0.00000242. The first kappa shape index (κ1) is 18.4. The van der Waals surface area contributed by atoms with Gasteiger partial charge in [0.1, 0.15) is 10.9 Å². The normalized spacial score (nSPS) is 16.9. The summed E-state index contributed by atoms with van der Waals surface area (Å²) in [5.74, 6) is -1.43. The van der Waals surface area contributed by atoms with Crippen LogP contribution in [0.1, 0.15) is 12.5 Å². The second-order valence-electron chi connectivity index (χ2n) is 4.46. The molecule has 0 spiro atoms. The van der Waals surface area contributed by atoms with Crippen molar-refractivity contribution in [3.05, 3.63) is 52.4 Å². The summed E-state index contributed by atoms with van der Waals surface area (Å²) in [6, 6.07) is 9.74. The van der Waals surface area contributed by atoms with Crippen LogP contribution >= 0.6 is 36.4 Å². The third kappa shape index (κ3) is 4.69. The van der Waals surface area contributed by atoms with E-state index in [0.29, 0.717) is 4.91 Å². The topological polar surface area (TPSA) is 57.6 Å². The van der Waals surface area contributed by atoms with Crippen LogP contribution in [-0.4, -0.2) is 32.7 Å². The van der Waals surface area contributed by atoms with Crippen molar-refractivity contribution in [1.82, 2.24) is 4.90 Å². The van der Waals surface area contributed by atoms with Gasteiger partial charge in [-0.3, -0.25) is 14.5 Å². The van der Waals surface area contributed by atoms with Crippen LogP contribution in [0, 0.1) is 0 Å². The highest BCUT2D eigenvalue weighted by Gasteiger charge is 2.33. The van der Waals surface area contributed by atoms with Gasteiger partial charge in [0.25, 0.3) is 5.91 Å². The summed E-state index contributed by atoms with van der Waals surface area (Å²) in [5.41, 5.74) is 1.93. The van der Waals surface area contributed by atoms with E-state index in [-0.39, 0.29) is 22.6 Å². The summed E-state index contributed by atoms with van der Waals surface area (Å²) in [4.78, 5) is 24.4. The van der Waals surface area contributed by atoms with Crippen LogP contribution in [0.4, 0.5) is 0 Å². The molecule has 1 aromatic rings. The molecule has 0 bridgehead atoms. The van der Waals surface area contributed by atoms with Gasteiger partial charge in [-0.15, -0.1) is 12.4 Å². The van der Waals surface area contributed by atoms with Gasteiger partial charge in [0.2, 0.25) is 0 Å². The van der Waals surface area contributed by atoms with Gasteiger partial charge >= 0.3 is 5.97 Å². The number of benzene rings is 1. The molecule has 1 saturated heterocycles. The van der Waals surface area contributed by atoms with Crippen LogP contribution in [0.3, 0.4) is 0 Å². The molecular formula is C15H14ClNO3S2. The SMILES string of the molecule is CC(/C=C1\SC(=S)N(CC(=O)O)C1=O)=C\c1ccccc1.Cl. The zero-order chi connectivity index (χ0) is 15.4. The quantitative estimate of drug-likeness (QED) is 0.663. The molecule has 0 aromatic heterocycles. The fraction of sp³-hybridized carbons (Fsp3) is 0.133. The molecule has 0 atom stereocenters. The zero-order valence-electron chi connectivity index (χ0n) is 11.7. The number of hydrogen-bond acceptors (Lipinski definition) is 4. The lowest BCUT2D eigenvalue weighted by molar-refractivity contribution is -0.140. The lowest BCUT2D eigenvalue weighted by atomic mass is 10.1. The minimum atomic E-state index is -1.08. The van der Waals surface area contributed by atoms with Gasteiger partial charge in [-0.1, -0.05) is 60.4 Å². The van der Waals surface area contributed by atoms with E-state index in [1.165, 1.54) is 0 Å². The summed E-state index contributed by atoms with van der Waals surface area (Å²) in [5, 5.41) is 8.78. The summed E-state index contributed by atoms with van der Waals surface area (Å²) >= 11 is 6.17. The average Bonchev–Trinajstić information content (AvgIpc) is 2.67. The molecular weight excluding hydrogens is 342 g/mol. The van der Waals surface area contributed by atoms with Gasteiger partial charge in [0.05, 0.1) is 4.91 Å². The average molecular weight is 356 g/mol. The Morgan fingerprint density at radius 1 is 1.36 bits per heavy atom. The molecule has 4 nitrogen and oxygen atoms in total. The summed E-state index contributed by atoms with van der Waals surface area (Å²) in [7, 11) is 0. The highest BCUT2D eigenvalue weighted by atomic mass is 35.5. The molecule has 7 heteroatoms. The van der Waals surface area contributed by atoms with Gasteiger partial charge in [-0.05, 0) is 24.1 Å². The van der Waals surface area contributed by atoms with Crippen LogP contribution in [0.2, 0.25) is 0 Å². The van der Waals surface area contributed by atoms with E-state index in [4.69, 9.17) is 17.3 Å². The minimum Gasteiger partial charge on any atom is -0.480 e. The Morgan fingerprint density at radius 2 is 2.00 bits per heavy atom. The Morgan fingerprint density at radius 3 is 2.59 bits per heavy atom. The Bertz CT molecular complexity index is 656. The molecule has 1 amide bonds. The van der Waals surface area contributed by atoms with E-state index in [2.05, 4.69) is 0 Å². The largest absolute Gasteiger partial charge is 0.480 e. The number of amides is 1. The van der Waals surface area contributed by atoms with Crippen LogP contribution in [0.5, 0.6) is 0 Å². The third-order valence-electron chi connectivity index (χ3n) is 2.72. The van der Waals surface area contributed by atoms with E-state index < -0.39 is 12.5 Å².